The molecule has 3 rings (SSSR count). The number of halogens is 2. The lowest BCUT2D eigenvalue weighted by atomic mass is 10.0. The van der Waals surface area contributed by atoms with Crippen LogP contribution in [0.5, 0.6) is 0 Å². The van der Waals surface area contributed by atoms with Crippen LogP contribution in [0.2, 0.25) is 10.0 Å². The number of amides is 2. The number of carboxylic acid groups (broad SMARTS) is 4. The van der Waals surface area contributed by atoms with Crippen LogP contribution in [0.25, 0.3) is 0 Å². The first-order valence-corrected chi connectivity index (χ1v) is 10.9. The Kier molecular flexibility index (Phi) is 7.99. The number of carboxylic acids is 4. The standard InChI is InChI=1S/C24H14Cl2N2O10/c25-15-8-18(28-20(30)12-4-2-10(22(33)34)6-14(12)24(37)38)16(26)7-17(15)27-19(29)11-3-1-9(21(31)32)5-13(11)23(35)36/h1-8H,(H,27,29)(H,28,30)(H,31,32)(H,33,34)(H,35,36)(H,37,38). The van der Waals surface area contributed by atoms with E-state index in [4.69, 9.17) is 33.4 Å². The van der Waals surface area contributed by atoms with Crippen molar-refractivity contribution in [3.63, 3.8) is 0 Å². The molecule has 0 spiro atoms. The molecule has 2 amide bonds. The van der Waals surface area contributed by atoms with Gasteiger partial charge in [-0.1, -0.05) is 23.2 Å². The van der Waals surface area contributed by atoms with Crippen molar-refractivity contribution in [3.05, 3.63) is 92.0 Å². The topological polar surface area (TPSA) is 207 Å². The van der Waals surface area contributed by atoms with E-state index in [9.17, 15) is 39.0 Å². The summed E-state index contributed by atoms with van der Waals surface area (Å²) in [6.07, 6.45) is 0. The molecule has 0 aliphatic rings. The summed E-state index contributed by atoms with van der Waals surface area (Å²) < 4.78 is 0. The number of hydrogen-bond acceptors (Lipinski definition) is 6. The van der Waals surface area contributed by atoms with Crippen molar-refractivity contribution in [1.29, 1.82) is 0 Å². The molecule has 38 heavy (non-hydrogen) atoms. The molecule has 0 heterocycles. The SMILES string of the molecule is O=C(O)c1ccc(C(=O)Nc2cc(Cl)c(NC(=O)c3ccc(C(=O)O)cc3C(=O)O)cc2Cl)c(C(=O)O)c1. The van der Waals surface area contributed by atoms with Gasteiger partial charge >= 0.3 is 23.9 Å². The molecule has 0 bridgehead atoms. The highest BCUT2D eigenvalue weighted by molar-refractivity contribution is 6.38. The second-order valence-corrected chi connectivity index (χ2v) is 8.28. The molecule has 0 atom stereocenters. The van der Waals surface area contributed by atoms with Crippen molar-refractivity contribution >= 4 is 70.3 Å². The zero-order valence-corrected chi connectivity index (χ0v) is 20.1. The number of nitrogens with one attached hydrogen (secondary N) is 2. The molecule has 12 nitrogen and oxygen atoms in total. The third-order valence-corrected chi connectivity index (χ3v) is 5.66. The Balaban J connectivity index is 1.88. The van der Waals surface area contributed by atoms with Crippen LogP contribution >= 0.6 is 23.2 Å². The van der Waals surface area contributed by atoms with E-state index in [-0.39, 0.29) is 43.7 Å². The molecule has 0 fully saturated rings. The maximum absolute atomic E-state index is 12.7. The van der Waals surface area contributed by atoms with E-state index in [1.54, 1.807) is 0 Å². The van der Waals surface area contributed by atoms with Gasteiger partial charge in [0.1, 0.15) is 0 Å². The minimum Gasteiger partial charge on any atom is -0.478 e. The van der Waals surface area contributed by atoms with Gasteiger partial charge in [0.25, 0.3) is 11.8 Å². The molecule has 3 aromatic rings. The Morgan fingerprint density at radius 3 is 1.13 bits per heavy atom. The van der Waals surface area contributed by atoms with Crippen LogP contribution in [-0.4, -0.2) is 56.1 Å². The van der Waals surface area contributed by atoms with Crippen LogP contribution in [0.15, 0.2) is 48.5 Å². The highest BCUT2D eigenvalue weighted by Gasteiger charge is 2.22. The van der Waals surface area contributed by atoms with E-state index in [1.165, 1.54) is 0 Å². The number of aromatic carboxylic acids is 4. The normalized spacial score (nSPS) is 10.4. The summed E-state index contributed by atoms with van der Waals surface area (Å²) in [6, 6.07) is 8.03. The lowest BCUT2D eigenvalue weighted by molar-refractivity contribution is 0.0674. The van der Waals surface area contributed by atoms with Crippen LogP contribution in [0, 0.1) is 0 Å². The fourth-order valence-corrected chi connectivity index (χ4v) is 3.64. The quantitative estimate of drug-likeness (QED) is 0.230. The summed E-state index contributed by atoms with van der Waals surface area (Å²) in [5.74, 6) is -7.76. The zero-order valence-electron chi connectivity index (χ0n) is 18.6. The van der Waals surface area contributed by atoms with Gasteiger partial charge in [0.15, 0.2) is 0 Å². The summed E-state index contributed by atoms with van der Waals surface area (Å²) in [7, 11) is 0. The molecule has 0 radical (unpaired) electrons. The predicted molar refractivity (Wildman–Crippen MR) is 133 cm³/mol. The summed E-state index contributed by atoms with van der Waals surface area (Å²) in [5, 5.41) is 41.2. The average molecular weight is 561 g/mol. The molecule has 14 heteroatoms. The van der Waals surface area contributed by atoms with E-state index in [0.29, 0.717) is 0 Å². The Morgan fingerprint density at radius 1 is 0.500 bits per heavy atom. The van der Waals surface area contributed by atoms with Crippen molar-refractivity contribution in [2.45, 2.75) is 0 Å². The largest absolute Gasteiger partial charge is 0.478 e. The minimum absolute atomic E-state index is 0.0876. The van der Waals surface area contributed by atoms with Crippen LogP contribution in [0.3, 0.4) is 0 Å². The molecule has 3 aromatic carbocycles. The van der Waals surface area contributed by atoms with E-state index < -0.39 is 46.8 Å². The Morgan fingerprint density at radius 2 is 0.842 bits per heavy atom. The molecule has 0 unspecified atom stereocenters. The lowest BCUT2D eigenvalue weighted by Crippen LogP contribution is -2.19. The predicted octanol–water partition coefficient (Wildman–Crippen LogP) is 4.29. The maximum Gasteiger partial charge on any atom is 0.336 e. The van der Waals surface area contributed by atoms with E-state index in [2.05, 4.69) is 10.6 Å². The van der Waals surface area contributed by atoms with E-state index >= 15 is 0 Å². The van der Waals surface area contributed by atoms with Gasteiger partial charge in [-0.25, -0.2) is 19.2 Å². The molecule has 0 saturated carbocycles. The highest BCUT2D eigenvalue weighted by Crippen LogP contribution is 2.33. The molecular formula is C24H14Cl2N2O10. The van der Waals surface area contributed by atoms with Gasteiger partial charge in [-0.2, -0.15) is 0 Å². The molecule has 0 aliphatic heterocycles. The first-order valence-electron chi connectivity index (χ1n) is 10.1. The molecule has 6 N–H and O–H groups in total. The van der Waals surface area contributed by atoms with Crippen LogP contribution in [-0.2, 0) is 0 Å². The maximum atomic E-state index is 12.7. The molecule has 0 aromatic heterocycles. The number of hydrogen-bond donors (Lipinski definition) is 6. The van der Waals surface area contributed by atoms with Crippen LogP contribution in [0.4, 0.5) is 11.4 Å². The average Bonchev–Trinajstić information content (AvgIpc) is 2.85. The fraction of sp³-hybridized carbons (Fsp3) is 0. The Labute approximate surface area is 222 Å². The summed E-state index contributed by atoms with van der Waals surface area (Å²) in [5.41, 5.74) is -2.73. The van der Waals surface area contributed by atoms with Crippen molar-refractivity contribution in [1.82, 2.24) is 0 Å². The third kappa shape index (κ3) is 5.88. The summed E-state index contributed by atoms with van der Waals surface area (Å²) in [6.45, 7) is 0. The number of anilines is 2. The Hall–Kier alpha value is -4.94. The van der Waals surface area contributed by atoms with Crippen molar-refractivity contribution in [2.24, 2.45) is 0 Å². The van der Waals surface area contributed by atoms with Gasteiger partial charge < -0.3 is 31.1 Å². The minimum atomic E-state index is -1.54. The fourth-order valence-electron chi connectivity index (χ4n) is 3.22. The van der Waals surface area contributed by atoms with Crippen LogP contribution < -0.4 is 10.6 Å². The van der Waals surface area contributed by atoms with Gasteiger partial charge in [0.2, 0.25) is 0 Å². The zero-order chi connectivity index (χ0) is 28.3. The van der Waals surface area contributed by atoms with Gasteiger partial charge in [0, 0.05) is 0 Å². The molecule has 0 aliphatic carbocycles. The van der Waals surface area contributed by atoms with Crippen LogP contribution in [0.1, 0.15) is 62.1 Å². The molecule has 0 saturated heterocycles. The van der Waals surface area contributed by atoms with Crippen molar-refractivity contribution in [3.8, 4) is 0 Å². The number of carbonyl (C=O) groups excluding carboxylic acids is 2. The Bertz CT molecular complexity index is 1440. The first kappa shape index (κ1) is 27.6. The van der Waals surface area contributed by atoms with Crippen molar-refractivity contribution < 1.29 is 49.2 Å². The molecule has 194 valence electrons. The second kappa shape index (κ2) is 11.0. The first-order chi connectivity index (χ1) is 17.8. The third-order valence-electron chi connectivity index (χ3n) is 5.04. The van der Waals surface area contributed by atoms with E-state index in [1.807, 2.05) is 0 Å². The van der Waals surface area contributed by atoms with Gasteiger partial charge in [0.05, 0.1) is 54.8 Å². The van der Waals surface area contributed by atoms with Gasteiger partial charge in [-0.05, 0) is 48.5 Å². The van der Waals surface area contributed by atoms with Crippen molar-refractivity contribution in [2.75, 3.05) is 10.6 Å². The molecular weight excluding hydrogens is 547 g/mol. The summed E-state index contributed by atoms with van der Waals surface area (Å²) in [4.78, 5) is 70.7. The summed E-state index contributed by atoms with van der Waals surface area (Å²) >= 11 is 12.4. The lowest BCUT2D eigenvalue weighted by Gasteiger charge is -2.14. The van der Waals surface area contributed by atoms with E-state index in [0.717, 1.165) is 48.5 Å². The number of carbonyl (C=O) groups is 6. The number of rotatable bonds is 8. The van der Waals surface area contributed by atoms with Gasteiger partial charge in [-0.15, -0.1) is 0 Å². The second-order valence-electron chi connectivity index (χ2n) is 7.46. The smallest absolute Gasteiger partial charge is 0.336 e. The number of benzene rings is 3. The van der Waals surface area contributed by atoms with Gasteiger partial charge in [-0.3, -0.25) is 9.59 Å². The monoisotopic (exact) mass is 560 g/mol. The highest BCUT2D eigenvalue weighted by atomic mass is 35.5.